The largest absolute Gasteiger partial charge is 0.465 e. The van der Waals surface area contributed by atoms with Crippen LogP contribution in [0.2, 0.25) is 5.02 Å². The van der Waals surface area contributed by atoms with Gasteiger partial charge in [0.25, 0.3) is 0 Å². The highest BCUT2D eigenvalue weighted by Crippen LogP contribution is 2.20. The first kappa shape index (κ1) is 21.1. The SMILES string of the molecule is COC(=O)c1ccc(N2CCN(CC(=O)NCc3cccc(Cl)c3)C(C)C2)cc1. The fraction of sp³-hybridized carbons (Fsp3) is 0.364. The van der Waals surface area contributed by atoms with Gasteiger partial charge in [0.15, 0.2) is 0 Å². The van der Waals surface area contributed by atoms with Gasteiger partial charge in [0.1, 0.15) is 0 Å². The molecule has 1 saturated heterocycles. The van der Waals surface area contributed by atoms with Gasteiger partial charge in [-0.05, 0) is 48.9 Å². The molecule has 7 heteroatoms. The minimum atomic E-state index is -0.335. The van der Waals surface area contributed by atoms with Crippen molar-refractivity contribution >= 4 is 29.2 Å². The molecule has 29 heavy (non-hydrogen) atoms. The van der Waals surface area contributed by atoms with Crippen molar-refractivity contribution in [3.05, 3.63) is 64.7 Å². The van der Waals surface area contributed by atoms with Crippen LogP contribution in [-0.4, -0.2) is 56.1 Å². The minimum absolute atomic E-state index is 0.00714. The van der Waals surface area contributed by atoms with Crippen molar-refractivity contribution in [2.45, 2.75) is 19.5 Å². The summed E-state index contributed by atoms with van der Waals surface area (Å²) in [6.07, 6.45) is 0. The van der Waals surface area contributed by atoms with Gasteiger partial charge < -0.3 is 15.0 Å². The van der Waals surface area contributed by atoms with Crippen LogP contribution in [0.15, 0.2) is 48.5 Å². The van der Waals surface area contributed by atoms with E-state index in [0.717, 1.165) is 30.9 Å². The minimum Gasteiger partial charge on any atom is -0.465 e. The second kappa shape index (κ2) is 9.76. The van der Waals surface area contributed by atoms with Crippen LogP contribution in [0, 0.1) is 0 Å². The van der Waals surface area contributed by atoms with Gasteiger partial charge >= 0.3 is 5.97 Å². The summed E-state index contributed by atoms with van der Waals surface area (Å²) in [6, 6.07) is 15.2. The predicted molar refractivity (Wildman–Crippen MR) is 114 cm³/mol. The number of amides is 1. The molecule has 0 bridgehead atoms. The molecular weight excluding hydrogens is 390 g/mol. The first-order chi connectivity index (χ1) is 14.0. The van der Waals surface area contributed by atoms with Crippen molar-refractivity contribution in [1.29, 1.82) is 0 Å². The first-order valence-corrected chi connectivity index (χ1v) is 10.0. The van der Waals surface area contributed by atoms with Gasteiger partial charge in [0.05, 0.1) is 19.2 Å². The number of carbonyl (C=O) groups excluding carboxylic acids is 2. The van der Waals surface area contributed by atoms with Crippen LogP contribution in [0.4, 0.5) is 5.69 Å². The lowest BCUT2D eigenvalue weighted by Crippen LogP contribution is -2.54. The van der Waals surface area contributed by atoms with Crippen LogP contribution >= 0.6 is 11.6 Å². The summed E-state index contributed by atoms with van der Waals surface area (Å²) < 4.78 is 4.74. The van der Waals surface area contributed by atoms with E-state index >= 15 is 0 Å². The van der Waals surface area contributed by atoms with E-state index in [1.54, 1.807) is 12.1 Å². The number of methoxy groups -OCH3 is 1. The van der Waals surface area contributed by atoms with Crippen LogP contribution in [0.3, 0.4) is 0 Å². The van der Waals surface area contributed by atoms with Gasteiger partial charge in [-0.1, -0.05) is 23.7 Å². The Kier molecular flexibility index (Phi) is 7.12. The number of piperazine rings is 1. The molecule has 0 saturated carbocycles. The Balaban J connectivity index is 1.49. The standard InChI is InChI=1S/C22H26ClN3O3/c1-16-14-26(20-8-6-18(7-9-20)22(28)29-2)11-10-25(16)15-21(27)24-13-17-4-3-5-19(23)12-17/h3-9,12,16H,10-11,13-15H2,1-2H3,(H,24,27). The van der Waals surface area contributed by atoms with Crippen LogP contribution < -0.4 is 10.2 Å². The summed E-state index contributed by atoms with van der Waals surface area (Å²) >= 11 is 5.98. The van der Waals surface area contributed by atoms with E-state index < -0.39 is 0 Å². The van der Waals surface area contributed by atoms with Crippen molar-refractivity contribution in [3.8, 4) is 0 Å². The molecule has 2 aromatic carbocycles. The lowest BCUT2D eigenvalue weighted by atomic mass is 10.1. The van der Waals surface area contributed by atoms with E-state index in [1.165, 1.54) is 7.11 Å². The zero-order chi connectivity index (χ0) is 20.8. The van der Waals surface area contributed by atoms with E-state index in [0.29, 0.717) is 23.7 Å². The molecule has 1 aliphatic rings. The maximum absolute atomic E-state index is 12.4. The van der Waals surface area contributed by atoms with E-state index in [9.17, 15) is 9.59 Å². The number of ether oxygens (including phenoxy) is 1. The van der Waals surface area contributed by atoms with Crippen molar-refractivity contribution in [3.63, 3.8) is 0 Å². The smallest absolute Gasteiger partial charge is 0.337 e. The predicted octanol–water partition coefficient (Wildman–Crippen LogP) is 2.95. The summed E-state index contributed by atoms with van der Waals surface area (Å²) in [6.45, 7) is 5.41. The summed E-state index contributed by atoms with van der Waals surface area (Å²) in [5.41, 5.74) is 2.59. The van der Waals surface area contributed by atoms with Gasteiger partial charge in [0, 0.05) is 42.9 Å². The average Bonchev–Trinajstić information content (AvgIpc) is 2.73. The molecule has 154 valence electrons. The molecule has 1 fully saturated rings. The number of halogens is 1. The quantitative estimate of drug-likeness (QED) is 0.735. The molecule has 1 atom stereocenters. The monoisotopic (exact) mass is 415 g/mol. The Bertz CT molecular complexity index is 857. The normalized spacial score (nSPS) is 17.1. The molecule has 3 rings (SSSR count). The molecule has 6 nitrogen and oxygen atoms in total. The van der Waals surface area contributed by atoms with Gasteiger partial charge in [-0.25, -0.2) is 4.79 Å². The summed E-state index contributed by atoms with van der Waals surface area (Å²) in [7, 11) is 1.38. The van der Waals surface area contributed by atoms with E-state index in [1.807, 2.05) is 36.4 Å². The molecule has 1 amide bonds. The number of rotatable bonds is 6. The Morgan fingerprint density at radius 2 is 1.93 bits per heavy atom. The third kappa shape index (κ3) is 5.71. The third-order valence-electron chi connectivity index (χ3n) is 5.14. The molecule has 1 heterocycles. The maximum Gasteiger partial charge on any atom is 0.337 e. The van der Waals surface area contributed by atoms with Crippen molar-refractivity contribution < 1.29 is 14.3 Å². The van der Waals surface area contributed by atoms with Gasteiger partial charge in [-0.15, -0.1) is 0 Å². The molecule has 0 aliphatic carbocycles. The lowest BCUT2D eigenvalue weighted by molar-refractivity contribution is -0.123. The number of anilines is 1. The van der Waals surface area contributed by atoms with E-state index in [2.05, 4.69) is 22.0 Å². The van der Waals surface area contributed by atoms with Crippen LogP contribution in [0.1, 0.15) is 22.8 Å². The molecule has 0 aromatic heterocycles. The molecule has 0 radical (unpaired) electrons. The van der Waals surface area contributed by atoms with Gasteiger partial charge in [-0.3, -0.25) is 9.69 Å². The number of benzene rings is 2. The summed E-state index contributed by atoms with van der Waals surface area (Å²) in [5, 5.41) is 3.63. The zero-order valence-corrected chi connectivity index (χ0v) is 17.5. The molecule has 1 unspecified atom stereocenters. The third-order valence-corrected chi connectivity index (χ3v) is 5.38. The Labute approximate surface area is 176 Å². The fourth-order valence-corrected chi connectivity index (χ4v) is 3.69. The van der Waals surface area contributed by atoms with Crippen molar-refractivity contribution in [1.82, 2.24) is 10.2 Å². The summed E-state index contributed by atoms with van der Waals surface area (Å²) in [5.74, 6) is -0.328. The first-order valence-electron chi connectivity index (χ1n) is 9.65. The topological polar surface area (TPSA) is 61.9 Å². The molecule has 1 aliphatic heterocycles. The zero-order valence-electron chi connectivity index (χ0n) is 16.7. The number of hydrogen-bond acceptors (Lipinski definition) is 5. The summed E-state index contributed by atoms with van der Waals surface area (Å²) in [4.78, 5) is 28.4. The number of nitrogens with one attached hydrogen (secondary N) is 1. The van der Waals surface area contributed by atoms with Gasteiger partial charge in [0.2, 0.25) is 5.91 Å². The molecule has 2 aromatic rings. The molecular formula is C22H26ClN3O3. The highest BCUT2D eigenvalue weighted by Gasteiger charge is 2.25. The van der Waals surface area contributed by atoms with Crippen molar-refractivity contribution in [2.24, 2.45) is 0 Å². The number of nitrogens with zero attached hydrogens (tertiary/aromatic N) is 2. The second-order valence-electron chi connectivity index (χ2n) is 7.21. The number of carbonyl (C=O) groups is 2. The molecule has 1 N–H and O–H groups in total. The van der Waals surface area contributed by atoms with Crippen LogP contribution in [0.5, 0.6) is 0 Å². The van der Waals surface area contributed by atoms with Crippen molar-refractivity contribution in [2.75, 3.05) is 38.2 Å². The Morgan fingerprint density at radius 3 is 2.59 bits per heavy atom. The van der Waals surface area contributed by atoms with E-state index in [-0.39, 0.29) is 17.9 Å². The number of hydrogen-bond donors (Lipinski definition) is 1. The number of esters is 1. The average molecular weight is 416 g/mol. The Hall–Kier alpha value is -2.57. The van der Waals surface area contributed by atoms with Gasteiger partial charge in [-0.2, -0.15) is 0 Å². The highest BCUT2D eigenvalue weighted by molar-refractivity contribution is 6.30. The fourth-order valence-electron chi connectivity index (χ4n) is 3.48. The van der Waals surface area contributed by atoms with Crippen LogP contribution in [-0.2, 0) is 16.1 Å². The lowest BCUT2D eigenvalue weighted by Gasteiger charge is -2.40. The highest BCUT2D eigenvalue weighted by atomic mass is 35.5. The maximum atomic E-state index is 12.4. The van der Waals surface area contributed by atoms with E-state index in [4.69, 9.17) is 16.3 Å². The van der Waals surface area contributed by atoms with Crippen LogP contribution in [0.25, 0.3) is 0 Å². The second-order valence-corrected chi connectivity index (χ2v) is 7.65. The Morgan fingerprint density at radius 1 is 1.17 bits per heavy atom. The molecule has 0 spiro atoms.